The van der Waals surface area contributed by atoms with E-state index in [-0.39, 0.29) is 12.2 Å². The number of benzene rings is 1. The van der Waals surface area contributed by atoms with Crippen LogP contribution in [0.1, 0.15) is 20.3 Å². The van der Waals surface area contributed by atoms with Crippen LogP contribution >= 0.6 is 0 Å². The standard InChI is InChI=1S/C12H16F2N2O2/c1-3-12(2,18)7-15-11(17)16-10-5-4-8(13)6-9(10)14/h4-6,18H,3,7H2,1-2H3,(H2,15,16,17). The monoisotopic (exact) mass is 258 g/mol. The number of carbonyl (C=O) groups is 1. The van der Waals surface area contributed by atoms with Crippen LogP contribution in [-0.2, 0) is 0 Å². The SMILES string of the molecule is CCC(C)(O)CNC(=O)Nc1ccc(F)cc1F. The van der Waals surface area contributed by atoms with Crippen molar-refractivity contribution in [1.82, 2.24) is 5.32 Å². The summed E-state index contributed by atoms with van der Waals surface area (Å²) in [6, 6.07) is 2.19. The van der Waals surface area contributed by atoms with Crippen molar-refractivity contribution in [3.63, 3.8) is 0 Å². The van der Waals surface area contributed by atoms with Crippen LogP contribution in [0, 0.1) is 11.6 Å². The van der Waals surface area contributed by atoms with Crippen LogP contribution in [0.15, 0.2) is 18.2 Å². The third-order valence-corrected chi connectivity index (χ3v) is 2.57. The number of rotatable bonds is 4. The summed E-state index contributed by atoms with van der Waals surface area (Å²) < 4.78 is 25.9. The Morgan fingerprint density at radius 2 is 2.11 bits per heavy atom. The van der Waals surface area contributed by atoms with Gasteiger partial charge >= 0.3 is 6.03 Å². The molecule has 0 aliphatic carbocycles. The summed E-state index contributed by atoms with van der Waals surface area (Å²) in [6.07, 6.45) is 0.470. The van der Waals surface area contributed by atoms with Crippen LogP contribution < -0.4 is 10.6 Å². The molecule has 1 aromatic rings. The lowest BCUT2D eigenvalue weighted by Gasteiger charge is -2.21. The summed E-state index contributed by atoms with van der Waals surface area (Å²) in [5.41, 5.74) is -1.14. The highest BCUT2D eigenvalue weighted by Gasteiger charge is 2.18. The molecule has 0 radical (unpaired) electrons. The van der Waals surface area contributed by atoms with E-state index in [2.05, 4.69) is 10.6 Å². The normalized spacial score (nSPS) is 13.8. The van der Waals surface area contributed by atoms with Crippen LogP contribution in [0.2, 0.25) is 0 Å². The van der Waals surface area contributed by atoms with Crippen molar-refractivity contribution in [3.05, 3.63) is 29.8 Å². The summed E-state index contributed by atoms with van der Waals surface area (Å²) >= 11 is 0. The highest BCUT2D eigenvalue weighted by Crippen LogP contribution is 2.14. The lowest BCUT2D eigenvalue weighted by Crippen LogP contribution is -2.41. The maximum absolute atomic E-state index is 13.2. The zero-order valence-electron chi connectivity index (χ0n) is 10.3. The maximum atomic E-state index is 13.2. The van der Waals surface area contributed by atoms with E-state index in [0.29, 0.717) is 12.5 Å². The Labute approximate surface area is 104 Å². The Morgan fingerprint density at radius 1 is 1.44 bits per heavy atom. The molecule has 4 nitrogen and oxygen atoms in total. The van der Waals surface area contributed by atoms with Gasteiger partial charge in [0.1, 0.15) is 11.6 Å². The predicted octanol–water partition coefficient (Wildman–Crippen LogP) is 2.25. The minimum Gasteiger partial charge on any atom is -0.388 e. The molecule has 0 fully saturated rings. The number of aliphatic hydroxyl groups is 1. The molecule has 3 N–H and O–H groups in total. The quantitative estimate of drug-likeness (QED) is 0.775. The molecule has 1 unspecified atom stereocenters. The van der Waals surface area contributed by atoms with Gasteiger partial charge in [-0.1, -0.05) is 6.92 Å². The fraction of sp³-hybridized carbons (Fsp3) is 0.417. The molecule has 0 aliphatic rings. The van der Waals surface area contributed by atoms with E-state index in [4.69, 9.17) is 0 Å². The van der Waals surface area contributed by atoms with Gasteiger partial charge in [0.25, 0.3) is 0 Å². The van der Waals surface area contributed by atoms with Crippen molar-refractivity contribution >= 4 is 11.7 Å². The summed E-state index contributed by atoms with van der Waals surface area (Å²) in [5, 5.41) is 14.3. The lowest BCUT2D eigenvalue weighted by atomic mass is 10.0. The van der Waals surface area contributed by atoms with E-state index in [1.165, 1.54) is 0 Å². The summed E-state index contributed by atoms with van der Waals surface area (Å²) in [4.78, 5) is 11.4. The average Bonchev–Trinajstić information content (AvgIpc) is 2.30. The van der Waals surface area contributed by atoms with Gasteiger partial charge < -0.3 is 15.7 Å². The first kappa shape index (κ1) is 14.4. The predicted molar refractivity (Wildman–Crippen MR) is 64.3 cm³/mol. The van der Waals surface area contributed by atoms with Crippen molar-refractivity contribution < 1.29 is 18.7 Å². The van der Waals surface area contributed by atoms with Crippen LogP contribution in [0.4, 0.5) is 19.3 Å². The molecule has 6 heteroatoms. The van der Waals surface area contributed by atoms with E-state index in [1.807, 2.05) is 0 Å². The number of urea groups is 1. The van der Waals surface area contributed by atoms with Gasteiger partial charge in [-0.25, -0.2) is 13.6 Å². The van der Waals surface area contributed by atoms with E-state index in [1.54, 1.807) is 13.8 Å². The summed E-state index contributed by atoms with van der Waals surface area (Å²) in [6.45, 7) is 3.39. The number of hydrogen-bond acceptors (Lipinski definition) is 2. The zero-order valence-corrected chi connectivity index (χ0v) is 10.3. The lowest BCUT2D eigenvalue weighted by molar-refractivity contribution is 0.0587. The van der Waals surface area contributed by atoms with E-state index < -0.39 is 23.3 Å². The fourth-order valence-corrected chi connectivity index (χ4v) is 1.15. The minimum absolute atomic E-state index is 0.0398. The number of amides is 2. The first-order valence-corrected chi connectivity index (χ1v) is 5.56. The molecule has 0 heterocycles. The average molecular weight is 258 g/mol. The van der Waals surface area contributed by atoms with Crippen molar-refractivity contribution in [2.75, 3.05) is 11.9 Å². The maximum Gasteiger partial charge on any atom is 0.319 e. The van der Waals surface area contributed by atoms with Crippen LogP contribution in [0.5, 0.6) is 0 Å². The molecule has 0 saturated heterocycles. The van der Waals surface area contributed by atoms with Crippen LogP contribution in [0.25, 0.3) is 0 Å². The van der Waals surface area contributed by atoms with Crippen LogP contribution in [0.3, 0.4) is 0 Å². The minimum atomic E-state index is -1.02. The summed E-state index contributed by atoms with van der Waals surface area (Å²) in [5.74, 6) is -1.57. The molecule has 1 atom stereocenters. The van der Waals surface area contributed by atoms with Gasteiger partial charge in [0.2, 0.25) is 0 Å². The van der Waals surface area contributed by atoms with Gasteiger partial charge in [0.05, 0.1) is 11.3 Å². The van der Waals surface area contributed by atoms with E-state index >= 15 is 0 Å². The van der Waals surface area contributed by atoms with Crippen molar-refractivity contribution in [3.8, 4) is 0 Å². The molecule has 0 aromatic heterocycles. The Hall–Kier alpha value is -1.69. The number of hydrogen-bond donors (Lipinski definition) is 3. The molecule has 100 valence electrons. The number of halogens is 2. The van der Waals surface area contributed by atoms with Crippen LogP contribution in [-0.4, -0.2) is 23.3 Å². The Morgan fingerprint density at radius 3 is 2.67 bits per heavy atom. The first-order valence-electron chi connectivity index (χ1n) is 5.56. The number of anilines is 1. The van der Waals surface area contributed by atoms with E-state index in [9.17, 15) is 18.7 Å². The first-order chi connectivity index (χ1) is 8.34. The molecule has 2 amide bonds. The third-order valence-electron chi connectivity index (χ3n) is 2.57. The molecule has 18 heavy (non-hydrogen) atoms. The fourth-order valence-electron chi connectivity index (χ4n) is 1.15. The molecule has 1 rings (SSSR count). The smallest absolute Gasteiger partial charge is 0.319 e. The van der Waals surface area contributed by atoms with Gasteiger partial charge in [-0.3, -0.25) is 0 Å². The van der Waals surface area contributed by atoms with Gasteiger partial charge in [-0.2, -0.15) is 0 Å². The largest absolute Gasteiger partial charge is 0.388 e. The highest BCUT2D eigenvalue weighted by molar-refractivity contribution is 5.89. The second-order valence-electron chi connectivity index (χ2n) is 4.28. The second kappa shape index (κ2) is 5.77. The molecule has 0 bridgehead atoms. The van der Waals surface area contributed by atoms with Crippen molar-refractivity contribution in [1.29, 1.82) is 0 Å². The third kappa shape index (κ3) is 4.29. The second-order valence-corrected chi connectivity index (χ2v) is 4.28. The topological polar surface area (TPSA) is 61.4 Å². The number of carbonyl (C=O) groups excluding carboxylic acids is 1. The summed E-state index contributed by atoms with van der Waals surface area (Å²) in [7, 11) is 0. The van der Waals surface area contributed by atoms with Gasteiger partial charge in [0, 0.05) is 12.6 Å². The molecule has 1 aromatic carbocycles. The number of nitrogens with one attached hydrogen (secondary N) is 2. The van der Waals surface area contributed by atoms with Crippen molar-refractivity contribution in [2.45, 2.75) is 25.9 Å². The molecule has 0 saturated carbocycles. The molecular weight excluding hydrogens is 242 g/mol. The Kier molecular flexibility index (Phi) is 4.61. The zero-order chi connectivity index (χ0) is 13.8. The molecular formula is C12H16F2N2O2. The van der Waals surface area contributed by atoms with Gasteiger partial charge in [-0.15, -0.1) is 0 Å². The highest BCUT2D eigenvalue weighted by atomic mass is 19.1. The Bertz CT molecular complexity index is 436. The molecule has 0 spiro atoms. The Balaban J connectivity index is 2.55. The van der Waals surface area contributed by atoms with Gasteiger partial charge in [-0.05, 0) is 25.5 Å². The molecule has 0 aliphatic heterocycles. The van der Waals surface area contributed by atoms with Crippen molar-refractivity contribution in [2.24, 2.45) is 0 Å². The van der Waals surface area contributed by atoms with Gasteiger partial charge in [0.15, 0.2) is 0 Å². The van der Waals surface area contributed by atoms with E-state index in [0.717, 1.165) is 12.1 Å².